The highest BCUT2D eigenvalue weighted by atomic mass is 16.2. The molecule has 0 spiro atoms. The molecule has 2 amide bonds. The molecular weight excluding hydrogens is 328 g/mol. The average Bonchev–Trinajstić information content (AvgIpc) is 3.08. The lowest BCUT2D eigenvalue weighted by Crippen LogP contribution is -2.42. The van der Waals surface area contributed by atoms with Gasteiger partial charge in [0.1, 0.15) is 5.82 Å². The summed E-state index contributed by atoms with van der Waals surface area (Å²) < 4.78 is 0. The van der Waals surface area contributed by atoms with Crippen molar-refractivity contribution in [2.75, 3.05) is 0 Å². The van der Waals surface area contributed by atoms with Crippen LogP contribution in [0.5, 0.6) is 0 Å². The SMILES string of the molecule is O=C(Cc1nc2ccccc2[nH]1)NNC(=O)c1ccc2ccccc2c1. The van der Waals surface area contributed by atoms with Crippen molar-refractivity contribution in [2.24, 2.45) is 0 Å². The van der Waals surface area contributed by atoms with Gasteiger partial charge in [-0.15, -0.1) is 0 Å². The van der Waals surface area contributed by atoms with Crippen LogP contribution in [0.1, 0.15) is 16.2 Å². The number of imidazole rings is 1. The second-order valence-corrected chi connectivity index (χ2v) is 5.94. The van der Waals surface area contributed by atoms with Crippen molar-refractivity contribution in [3.05, 3.63) is 78.1 Å². The summed E-state index contributed by atoms with van der Waals surface area (Å²) in [4.78, 5) is 31.7. The third-order valence-electron chi connectivity index (χ3n) is 4.09. The lowest BCUT2D eigenvalue weighted by atomic mass is 10.1. The zero-order valence-electron chi connectivity index (χ0n) is 13.8. The number of para-hydroxylation sites is 2. The van der Waals surface area contributed by atoms with Crippen molar-refractivity contribution in [2.45, 2.75) is 6.42 Å². The lowest BCUT2D eigenvalue weighted by Gasteiger charge is -2.07. The maximum absolute atomic E-state index is 12.2. The second-order valence-electron chi connectivity index (χ2n) is 5.94. The Morgan fingerprint density at radius 1 is 0.885 bits per heavy atom. The van der Waals surface area contributed by atoms with Crippen LogP contribution in [-0.4, -0.2) is 21.8 Å². The minimum absolute atomic E-state index is 0.0483. The van der Waals surface area contributed by atoms with Crippen LogP contribution in [0.2, 0.25) is 0 Å². The summed E-state index contributed by atoms with van der Waals surface area (Å²) in [7, 11) is 0. The predicted octanol–water partition coefficient (Wildman–Crippen LogP) is 2.72. The lowest BCUT2D eigenvalue weighted by molar-refractivity contribution is -0.121. The van der Waals surface area contributed by atoms with Gasteiger partial charge in [-0.05, 0) is 35.0 Å². The highest BCUT2D eigenvalue weighted by Crippen LogP contribution is 2.15. The van der Waals surface area contributed by atoms with Crippen LogP contribution in [0.4, 0.5) is 0 Å². The summed E-state index contributed by atoms with van der Waals surface area (Å²) in [5, 5.41) is 2.02. The van der Waals surface area contributed by atoms with Gasteiger partial charge in [0.15, 0.2) is 0 Å². The number of fused-ring (bicyclic) bond motifs is 2. The summed E-state index contributed by atoms with van der Waals surface area (Å²) in [5.41, 5.74) is 7.01. The quantitative estimate of drug-likeness (QED) is 0.500. The first kappa shape index (κ1) is 15.8. The molecule has 6 heteroatoms. The van der Waals surface area contributed by atoms with Gasteiger partial charge in [-0.2, -0.15) is 0 Å². The largest absolute Gasteiger partial charge is 0.342 e. The number of rotatable bonds is 3. The van der Waals surface area contributed by atoms with Gasteiger partial charge >= 0.3 is 0 Å². The predicted molar refractivity (Wildman–Crippen MR) is 99.4 cm³/mol. The smallest absolute Gasteiger partial charge is 0.269 e. The number of amides is 2. The van der Waals surface area contributed by atoms with Gasteiger partial charge < -0.3 is 4.98 Å². The zero-order chi connectivity index (χ0) is 17.9. The molecule has 0 fully saturated rings. The molecule has 1 heterocycles. The Balaban J connectivity index is 1.39. The first-order valence-corrected chi connectivity index (χ1v) is 8.21. The van der Waals surface area contributed by atoms with E-state index in [9.17, 15) is 9.59 Å². The van der Waals surface area contributed by atoms with Gasteiger partial charge in [0, 0.05) is 5.56 Å². The molecule has 3 aromatic carbocycles. The van der Waals surface area contributed by atoms with Gasteiger partial charge in [0.05, 0.1) is 17.5 Å². The van der Waals surface area contributed by atoms with Gasteiger partial charge in [-0.25, -0.2) is 4.98 Å². The molecule has 0 saturated heterocycles. The Hall–Kier alpha value is -3.67. The monoisotopic (exact) mass is 344 g/mol. The van der Waals surface area contributed by atoms with E-state index in [2.05, 4.69) is 20.8 Å². The minimum atomic E-state index is -0.367. The van der Waals surface area contributed by atoms with Gasteiger partial charge in [-0.3, -0.25) is 20.4 Å². The number of carbonyl (C=O) groups excluding carboxylic acids is 2. The van der Waals surface area contributed by atoms with Crippen molar-refractivity contribution < 1.29 is 9.59 Å². The maximum Gasteiger partial charge on any atom is 0.269 e. The van der Waals surface area contributed by atoms with Crippen molar-refractivity contribution >= 4 is 33.6 Å². The van der Waals surface area contributed by atoms with E-state index < -0.39 is 0 Å². The van der Waals surface area contributed by atoms with E-state index in [4.69, 9.17) is 0 Å². The molecule has 6 nitrogen and oxygen atoms in total. The van der Waals surface area contributed by atoms with Gasteiger partial charge in [0.2, 0.25) is 5.91 Å². The molecule has 0 bridgehead atoms. The summed E-state index contributed by atoms with van der Waals surface area (Å²) in [6, 6.07) is 20.7. The molecule has 26 heavy (non-hydrogen) atoms. The fourth-order valence-electron chi connectivity index (χ4n) is 2.81. The van der Waals surface area contributed by atoms with E-state index >= 15 is 0 Å². The van der Waals surface area contributed by atoms with Gasteiger partial charge in [-0.1, -0.05) is 42.5 Å². The van der Waals surface area contributed by atoms with E-state index in [0.29, 0.717) is 11.4 Å². The molecule has 128 valence electrons. The van der Waals surface area contributed by atoms with Crippen molar-refractivity contribution in [3.63, 3.8) is 0 Å². The fraction of sp³-hybridized carbons (Fsp3) is 0.0500. The van der Waals surface area contributed by atoms with Crippen LogP contribution in [0.3, 0.4) is 0 Å². The maximum atomic E-state index is 12.2. The molecule has 0 aliphatic carbocycles. The topological polar surface area (TPSA) is 86.9 Å². The third-order valence-corrected chi connectivity index (χ3v) is 4.09. The van der Waals surface area contributed by atoms with E-state index in [1.165, 1.54) is 0 Å². The average molecular weight is 344 g/mol. The summed E-state index contributed by atoms with van der Waals surface area (Å²) in [5.74, 6) is -0.171. The van der Waals surface area contributed by atoms with Crippen molar-refractivity contribution in [3.8, 4) is 0 Å². The molecule has 0 atom stereocenters. The number of carbonyl (C=O) groups is 2. The molecule has 0 saturated carbocycles. The second kappa shape index (κ2) is 6.68. The van der Waals surface area contributed by atoms with Crippen molar-refractivity contribution in [1.29, 1.82) is 0 Å². The van der Waals surface area contributed by atoms with Crippen molar-refractivity contribution in [1.82, 2.24) is 20.8 Å². The Morgan fingerprint density at radius 3 is 2.50 bits per heavy atom. The number of hydrazine groups is 1. The highest BCUT2D eigenvalue weighted by molar-refractivity contribution is 5.99. The molecule has 0 radical (unpaired) electrons. The van der Waals surface area contributed by atoms with E-state index in [0.717, 1.165) is 21.8 Å². The molecule has 1 aromatic heterocycles. The number of aromatic nitrogens is 2. The fourth-order valence-corrected chi connectivity index (χ4v) is 2.81. The molecule has 4 rings (SSSR count). The first-order chi connectivity index (χ1) is 12.7. The Kier molecular flexibility index (Phi) is 4.07. The van der Waals surface area contributed by atoms with Crippen LogP contribution >= 0.6 is 0 Å². The molecule has 3 N–H and O–H groups in total. The number of hydrogen-bond donors (Lipinski definition) is 3. The number of nitrogens with one attached hydrogen (secondary N) is 3. The Morgan fingerprint density at radius 2 is 1.65 bits per heavy atom. The number of hydrogen-bond acceptors (Lipinski definition) is 3. The highest BCUT2D eigenvalue weighted by Gasteiger charge is 2.11. The summed E-state index contributed by atoms with van der Waals surface area (Å²) in [6.07, 6.45) is 0.0483. The number of benzene rings is 3. The van der Waals surface area contributed by atoms with Gasteiger partial charge in [0.25, 0.3) is 5.91 Å². The van der Waals surface area contributed by atoms with E-state index in [1.54, 1.807) is 12.1 Å². The summed E-state index contributed by atoms with van der Waals surface area (Å²) >= 11 is 0. The van der Waals surface area contributed by atoms with E-state index in [1.807, 2.05) is 54.6 Å². The Labute approximate surface area is 149 Å². The van der Waals surface area contributed by atoms with Crippen LogP contribution in [0, 0.1) is 0 Å². The van der Waals surface area contributed by atoms with Crippen LogP contribution < -0.4 is 10.9 Å². The summed E-state index contributed by atoms with van der Waals surface area (Å²) in [6.45, 7) is 0. The Bertz CT molecular complexity index is 1080. The van der Waals surface area contributed by atoms with Crippen LogP contribution in [-0.2, 0) is 11.2 Å². The molecule has 0 aliphatic rings. The first-order valence-electron chi connectivity index (χ1n) is 8.21. The third kappa shape index (κ3) is 3.25. The minimum Gasteiger partial charge on any atom is -0.342 e. The number of nitrogens with zero attached hydrogens (tertiary/aromatic N) is 1. The van der Waals surface area contributed by atoms with Crippen LogP contribution in [0.15, 0.2) is 66.7 Å². The standard InChI is InChI=1S/C20H16N4O2/c25-19(12-18-21-16-7-3-4-8-17(16)22-18)23-24-20(26)15-10-9-13-5-1-2-6-14(13)11-15/h1-11H,12H2,(H,21,22)(H,23,25)(H,24,26). The normalized spacial score (nSPS) is 10.8. The molecule has 0 unspecified atom stereocenters. The molecular formula is C20H16N4O2. The number of aromatic amines is 1. The molecule has 0 aliphatic heterocycles. The number of H-pyrrole nitrogens is 1. The van der Waals surface area contributed by atoms with Crippen LogP contribution in [0.25, 0.3) is 21.8 Å². The van der Waals surface area contributed by atoms with E-state index in [-0.39, 0.29) is 18.2 Å². The molecule has 4 aromatic rings. The zero-order valence-corrected chi connectivity index (χ0v) is 13.8.